The molecule has 0 radical (unpaired) electrons. The van der Waals surface area contributed by atoms with Gasteiger partial charge < -0.3 is 14.8 Å². The lowest BCUT2D eigenvalue weighted by Crippen LogP contribution is -2.30. The number of nitrogens with one attached hydrogen (secondary N) is 1. The first-order valence-electron chi connectivity index (χ1n) is 8.54. The normalized spacial score (nSPS) is 12.1. The van der Waals surface area contributed by atoms with Gasteiger partial charge in [-0.2, -0.15) is 10.4 Å². The Kier molecular flexibility index (Phi) is 6.55. The summed E-state index contributed by atoms with van der Waals surface area (Å²) in [5.41, 5.74) is 2.43. The van der Waals surface area contributed by atoms with Gasteiger partial charge in [0.1, 0.15) is 17.4 Å². The number of hydrogen-bond acceptors (Lipinski definition) is 6. The minimum atomic E-state index is -1.08. The van der Waals surface area contributed by atoms with Crippen LogP contribution in [0, 0.1) is 25.2 Å². The van der Waals surface area contributed by atoms with E-state index >= 15 is 0 Å². The van der Waals surface area contributed by atoms with Gasteiger partial charge in [0, 0.05) is 7.05 Å². The van der Waals surface area contributed by atoms with Gasteiger partial charge in [-0.1, -0.05) is 12.1 Å². The number of carbonyl (C=O) groups is 2. The van der Waals surface area contributed by atoms with E-state index in [0.717, 1.165) is 5.69 Å². The molecule has 1 N–H and O–H groups in total. The van der Waals surface area contributed by atoms with Crippen molar-refractivity contribution in [2.45, 2.75) is 26.9 Å². The third-order valence-electron chi connectivity index (χ3n) is 4.18. The Balaban J connectivity index is 2.07. The van der Waals surface area contributed by atoms with Crippen LogP contribution in [0.2, 0.25) is 0 Å². The standard InChI is InChI=1S/C20H22N4O4/c1-12-18(13(2)24(4)23-12)22-19(25)14(3)28-20(26)16(11-21)10-15-6-8-17(27-5)9-7-15/h6-10,14H,1-5H3,(H,22,25)/b16-10+/t14-/m0/s1. The van der Waals surface area contributed by atoms with E-state index in [2.05, 4.69) is 10.4 Å². The van der Waals surface area contributed by atoms with E-state index in [1.165, 1.54) is 13.0 Å². The van der Waals surface area contributed by atoms with Gasteiger partial charge in [-0.15, -0.1) is 0 Å². The molecule has 2 rings (SSSR count). The molecular weight excluding hydrogens is 360 g/mol. The van der Waals surface area contributed by atoms with Gasteiger partial charge in [-0.25, -0.2) is 4.79 Å². The fourth-order valence-corrected chi connectivity index (χ4v) is 2.46. The highest BCUT2D eigenvalue weighted by atomic mass is 16.5. The molecular formula is C20H22N4O4. The van der Waals surface area contributed by atoms with Crippen molar-refractivity contribution in [3.8, 4) is 11.8 Å². The van der Waals surface area contributed by atoms with Crippen molar-refractivity contribution in [2.75, 3.05) is 12.4 Å². The molecule has 0 aliphatic heterocycles. The van der Waals surface area contributed by atoms with Crippen molar-refractivity contribution in [3.63, 3.8) is 0 Å². The molecule has 1 amide bonds. The molecule has 1 aromatic heterocycles. The van der Waals surface area contributed by atoms with Crippen LogP contribution in [0.1, 0.15) is 23.9 Å². The maximum Gasteiger partial charge on any atom is 0.349 e. The van der Waals surface area contributed by atoms with Gasteiger partial charge in [-0.3, -0.25) is 9.48 Å². The average Bonchev–Trinajstić information content (AvgIpc) is 2.92. The Labute approximate surface area is 163 Å². The van der Waals surface area contributed by atoms with Gasteiger partial charge in [-0.05, 0) is 44.5 Å². The van der Waals surface area contributed by atoms with Crippen LogP contribution in [0.5, 0.6) is 5.75 Å². The number of anilines is 1. The van der Waals surface area contributed by atoms with Gasteiger partial charge in [0.05, 0.1) is 24.2 Å². The van der Waals surface area contributed by atoms with E-state index in [-0.39, 0.29) is 5.57 Å². The third-order valence-corrected chi connectivity index (χ3v) is 4.18. The molecule has 146 valence electrons. The van der Waals surface area contributed by atoms with Gasteiger partial charge in [0.2, 0.25) is 0 Å². The fourth-order valence-electron chi connectivity index (χ4n) is 2.46. The number of esters is 1. The summed E-state index contributed by atoms with van der Waals surface area (Å²) in [7, 11) is 3.31. The monoisotopic (exact) mass is 382 g/mol. The number of aromatic nitrogens is 2. The molecule has 8 nitrogen and oxygen atoms in total. The number of ether oxygens (including phenoxy) is 2. The Hall–Kier alpha value is -3.60. The maximum absolute atomic E-state index is 12.4. The molecule has 0 aliphatic rings. The largest absolute Gasteiger partial charge is 0.497 e. The second-order valence-electron chi connectivity index (χ2n) is 6.15. The molecule has 1 atom stereocenters. The van der Waals surface area contributed by atoms with Crippen molar-refractivity contribution in [1.82, 2.24) is 9.78 Å². The Morgan fingerprint density at radius 2 is 1.93 bits per heavy atom. The highest BCUT2D eigenvalue weighted by Crippen LogP contribution is 2.19. The molecule has 0 saturated heterocycles. The minimum Gasteiger partial charge on any atom is -0.497 e. The molecule has 0 unspecified atom stereocenters. The van der Waals surface area contributed by atoms with Crippen LogP contribution in [0.3, 0.4) is 0 Å². The second-order valence-corrected chi connectivity index (χ2v) is 6.15. The van der Waals surface area contributed by atoms with E-state index in [4.69, 9.17) is 9.47 Å². The summed E-state index contributed by atoms with van der Waals surface area (Å²) in [5, 5.41) is 16.2. The van der Waals surface area contributed by atoms with Crippen LogP contribution < -0.4 is 10.1 Å². The zero-order chi connectivity index (χ0) is 20.8. The smallest absolute Gasteiger partial charge is 0.349 e. The van der Waals surface area contributed by atoms with Crippen molar-refractivity contribution < 1.29 is 19.1 Å². The van der Waals surface area contributed by atoms with Crippen LogP contribution >= 0.6 is 0 Å². The lowest BCUT2D eigenvalue weighted by atomic mass is 10.1. The number of amides is 1. The number of rotatable bonds is 6. The first kappa shape index (κ1) is 20.7. The first-order chi connectivity index (χ1) is 13.3. The Morgan fingerprint density at radius 1 is 1.29 bits per heavy atom. The van der Waals surface area contributed by atoms with Crippen molar-refractivity contribution in [3.05, 3.63) is 46.8 Å². The molecule has 1 heterocycles. The summed E-state index contributed by atoms with van der Waals surface area (Å²) in [4.78, 5) is 24.6. The summed E-state index contributed by atoms with van der Waals surface area (Å²) in [6.45, 7) is 5.03. The molecule has 0 spiro atoms. The fraction of sp³-hybridized carbons (Fsp3) is 0.300. The molecule has 0 bridgehead atoms. The van der Waals surface area contributed by atoms with Gasteiger partial charge >= 0.3 is 5.97 Å². The topological polar surface area (TPSA) is 106 Å². The summed E-state index contributed by atoms with van der Waals surface area (Å²) in [6.07, 6.45) is 0.307. The van der Waals surface area contributed by atoms with Crippen LogP contribution in [0.4, 0.5) is 5.69 Å². The van der Waals surface area contributed by atoms with E-state index in [0.29, 0.717) is 22.7 Å². The average molecular weight is 382 g/mol. The minimum absolute atomic E-state index is 0.210. The number of carbonyl (C=O) groups excluding carboxylic acids is 2. The molecule has 1 aromatic carbocycles. The van der Waals surface area contributed by atoms with Gasteiger partial charge in [0.15, 0.2) is 6.10 Å². The highest BCUT2D eigenvalue weighted by Gasteiger charge is 2.22. The number of benzene rings is 1. The van der Waals surface area contributed by atoms with Crippen LogP contribution in [-0.2, 0) is 21.4 Å². The zero-order valence-electron chi connectivity index (χ0n) is 16.4. The number of nitrogens with zero attached hydrogens (tertiary/aromatic N) is 3. The van der Waals surface area contributed by atoms with E-state index in [9.17, 15) is 14.9 Å². The summed E-state index contributed by atoms with van der Waals surface area (Å²) < 4.78 is 11.9. The van der Waals surface area contributed by atoms with Crippen molar-refractivity contribution >= 4 is 23.6 Å². The predicted octanol–water partition coefficient (Wildman–Crippen LogP) is 2.52. The van der Waals surface area contributed by atoms with E-state index in [1.807, 2.05) is 6.92 Å². The van der Waals surface area contributed by atoms with E-state index in [1.54, 1.807) is 56.1 Å². The first-order valence-corrected chi connectivity index (χ1v) is 8.54. The van der Waals surface area contributed by atoms with Gasteiger partial charge in [0.25, 0.3) is 5.91 Å². The lowest BCUT2D eigenvalue weighted by Gasteiger charge is -2.13. The van der Waals surface area contributed by atoms with Crippen LogP contribution in [-0.4, -0.2) is 34.9 Å². The number of hydrogen-bond donors (Lipinski definition) is 1. The van der Waals surface area contributed by atoms with Crippen LogP contribution in [0.15, 0.2) is 29.8 Å². The lowest BCUT2D eigenvalue weighted by molar-refractivity contribution is -0.148. The summed E-state index contributed by atoms with van der Waals surface area (Å²) >= 11 is 0. The molecule has 0 fully saturated rings. The predicted molar refractivity (Wildman–Crippen MR) is 103 cm³/mol. The zero-order valence-corrected chi connectivity index (χ0v) is 16.4. The molecule has 0 aliphatic carbocycles. The molecule has 28 heavy (non-hydrogen) atoms. The Morgan fingerprint density at radius 3 is 2.43 bits per heavy atom. The number of aryl methyl sites for hydroxylation is 2. The highest BCUT2D eigenvalue weighted by molar-refractivity contribution is 6.01. The van der Waals surface area contributed by atoms with Crippen molar-refractivity contribution in [1.29, 1.82) is 5.26 Å². The molecule has 0 saturated carbocycles. The molecule has 2 aromatic rings. The third kappa shape index (κ3) is 4.76. The van der Waals surface area contributed by atoms with Crippen molar-refractivity contribution in [2.24, 2.45) is 7.05 Å². The molecule has 8 heteroatoms. The quantitative estimate of drug-likeness (QED) is 0.467. The van der Waals surface area contributed by atoms with E-state index < -0.39 is 18.0 Å². The summed E-state index contributed by atoms with van der Waals surface area (Å²) in [5.74, 6) is -0.723. The Bertz CT molecular complexity index is 952. The second kappa shape index (κ2) is 8.86. The summed E-state index contributed by atoms with van der Waals surface area (Å²) in [6, 6.07) is 8.63. The number of methoxy groups -OCH3 is 1. The van der Waals surface area contributed by atoms with Crippen LogP contribution in [0.25, 0.3) is 6.08 Å². The SMILES string of the molecule is COc1ccc(/C=C(\C#N)C(=O)O[C@@H](C)C(=O)Nc2c(C)nn(C)c2C)cc1. The maximum atomic E-state index is 12.4. The number of nitriles is 1.